The van der Waals surface area contributed by atoms with Crippen LogP contribution in [0.2, 0.25) is 0 Å². The van der Waals surface area contributed by atoms with Gasteiger partial charge in [-0.25, -0.2) is 0 Å². The van der Waals surface area contributed by atoms with Gasteiger partial charge in [0.2, 0.25) is 0 Å². The molecule has 3 aliphatic rings. The molecule has 0 bridgehead atoms. The van der Waals surface area contributed by atoms with E-state index >= 15 is 0 Å². The van der Waals surface area contributed by atoms with Crippen molar-refractivity contribution < 1.29 is 0 Å². The zero-order valence-corrected chi connectivity index (χ0v) is 14.4. The van der Waals surface area contributed by atoms with E-state index in [2.05, 4.69) is 47.5 Å². The number of nitrogens with zero attached hydrogens (tertiary/aromatic N) is 2. The maximum Gasteiger partial charge on any atom is 0.193 e. The SMILES string of the molecule is CCNC(=NCC1(c2ccccc2)CC1)N1CCC2(CCC2)C1. The second-order valence-electron chi connectivity index (χ2n) is 7.84. The number of hydrogen-bond acceptors (Lipinski definition) is 1. The zero-order valence-electron chi connectivity index (χ0n) is 14.4. The molecule has 1 heterocycles. The van der Waals surface area contributed by atoms with Crippen molar-refractivity contribution in [2.45, 2.75) is 50.9 Å². The number of aliphatic imine (C=N–C) groups is 1. The average Bonchev–Trinajstić information content (AvgIpc) is 3.20. The molecule has 23 heavy (non-hydrogen) atoms. The summed E-state index contributed by atoms with van der Waals surface area (Å²) in [5.74, 6) is 1.15. The minimum atomic E-state index is 0.315. The summed E-state index contributed by atoms with van der Waals surface area (Å²) in [7, 11) is 0. The van der Waals surface area contributed by atoms with Gasteiger partial charge in [-0.3, -0.25) is 4.99 Å². The van der Waals surface area contributed by atoms with Crippen molar-refractivity contribution in [2.24, 2.45) is 10.4 Å². The van der Waals surface area contributed by atoms with Gasteiger partial charge in [0.1, 0.15) is 0 Å². The molecule has 0 radical (unpaired) electrons. The van der Waals surface area contributed by atoms with E-state index in [1.54, 1.807) is 0 Å². The van der Waals surface area contributed by atoms with Crippen molar-refractivity contribution >= 4 is 5.96 Å². The molecule has 1 aromatic rings. The molecule has 124 valence electrons. The minimum absolute atomic E-state index is 0.315. The van der Waals surface area contributed by atoms with E-state index in [1.807, 2.05) is 0 Å². The highest BCUT2D eigenvalue weighted by molar-refractivity contribution is 5.80. The standard InChI is InChI=1S/C20H29N3/c1-2-21-18(23-14-13-19(16-23)9-6-10-19)22-15-20(11-12-20)17-7-4-3-5-8-17/h3-5,7-8H,2,6,9-16H2,1H3,(H,21,22). The molecule has 3 fully saturated rings. The Morgan fingerprint density at radius 3 is 2.48 bits per heavy atom. The molecule has 0 unspecified atom stereocenters. The largest absolute Gasteiger partial charge is 0.357 e. The van der Waals surface area contributed by atoms with E-state index in [1.165, 1.54) is 57.2 Å². The quantitative estimate of drug-likeness (QED) is 0.680. The summed E-state index contributed by atoms with van der Waals surface area (Å²) in [6, 6.07) is 11.0. The van der Waals surface area contributed by atoms with Crippen LogP contribution in [0.4, 0.5) is 0 Å². The zero-order chi connectivity index (χ0) is 15.8. The topological polar surface area (TPSA) is 27.6 Å². The highest BCUT2D eigenvalue weighted by Gasteiger charge is 2.45. The Bertz CT molecular complexity index is 570. The fourth-order valence-electron chi connectivity index (χ4n) is 4.33. The van der Waals surface area contributed by atoms with Gasteiger partial charge in [0.15, 0.2) is 5.96 Å². The molecule has 3 heteroatoms. The summed E-state index contributed by atoms with van der Waals surface area (Å²) in [4.78, 5) is 7.58. The van der Waals surface area contributed by atoms with E-state index < -0.39 is 0 Å². The second-order valence-corrected chi connectivity index (χ2v) is 7.84. The molecule has 4 rings (SSSR count). The molecule has 1 N–H and O–H groups in total. The van der Waals surface area contributed by atoms with Gasteiger partial charge < -0.3 is 10.2 Å². The predicted molar refractivity (Wildman–Crippen MR) is 95.8 cm³/mol. The summed E-state index contributed by atoms with van der Waals surface area (Å²) in [6.45, 7) is 6.47. The molecule has 1 saturated heterocycles. The number of guanidine groups is 1. The third kappa shape index (κ3) is 2.86. The molecule has 1 aromatic carbocycles. The first kappa shape index (κ1) is 15.0. The lowest BCUT2D eigenvalue weighted by Gasteiger charge is -2.38. The van der Waals surface area contributed by atoms with Crippen molar-refractivity contribution in [1.82, 2.24) is 10.2 Å². The molecule has 2 saturated carbocycles. The maximum absolute atomic E-state index is 5.06. The van der Waals surface area contributed by atoms with Gasteiger partial charge in [-0.2, -0.15) is 0 Å². The van der Waals surface area contributed by atoms with Gasteiger partial charge in [0.05, 0.1) is 6.54 Å². The van der Waals surface area contributed by atoms with Crippen LogP contribution in [0, 0.1) is 5.41 Å². The average molecular weight is 311 g/mol. The van der Waals surface area contributed by atoms with E-state index in [-0.39, 0.29) is 0 Å². The van der Waals surface area contributed by atoms with Crippen molar-refractivity contribution in [3.63, 3.8) is 0 Å². The summed E-state index contributed by atoms with van der Waals surface area (Å²) in [5, 5.41) is 3.54. The van der Waals surface area contributed by atoms with Crippen LogP contribution in [0.25, 0.3) is 0 Å². The van der Waals surface area contributed by atoms with Crippen molar-refractivity contribution in [3.05, 3.63) is 35.9 Å². The summed E-state index contributed by atoms with van der Waals surface area (Å²) < 4.78 is 0. The van der Waals surface area contributed by atoms with Crippen LogP contribution in [0.1, 0.15) is 51.0 Å². The van der Waals surface area contributed by atoms with Crippen LogP contribution in [0.3, 0.4) is 0 Å². The van der Waals surface area contributed by atoms with E-state index in [0.29, 0.717) is 10.8 Å². The Hall–Kier alpha value is -1.51. The predicted octanol–water partition coefficient (Wildman–Crippen LogP) is 3.56. The number of rotatable bonds is 4. The summed E-state index contributed by atoms with van der Waals surface area (Å²) in [6.07, 6.45) is 8.21. The van der Waals surface area contributed by atoms with Crippen LogP contribution in [0.5, 0.6) is 0 Å². The number of likely N-dealkylation sites (tertiary alicyclic amines) is 1. The van der Waals surface area contributed by atoms with Gasteiger partial charge in [-0.15, -0.1) is 0 Å². The van der Waals surface area contributed by atoms with Gasteiger partial charge in [-0.1, -0.05) is 36.8 Å². The van der Waals surface area contributed by atoms with Gasteiger partial charge in [0.25, 0.3) is 0 Å². The molecule has 2 aliphatic carbocycles. The molecule has 0 amide bonds. The third-order valence-electron chi connectivity index (χ3n) is 6.26. The lowest BCUT2D eigenvalue weighted by Crippen LogP contribution is -2.43. The molecule has 3 nitrogen and oxygen atoms in total. The number of nitrogens with one attached hydrogen (secondary N) is 1. The molecule has 1 aliphatic heterocycles. The van der Waals surface area contributed by atoms with Crippen molar-refractivity contribution in [2.75, 3.05) is 26.2 Å². The van der Waals surface area contributed by atoms with E-state index in [0.717, 1.165) is 19.0 Å². The smallest absolute Gasteiger partial charge is 0.193 e. The molecule has 1 spiro atoms. The third-order valence-corrected chi connectivity index (χ3v) is 6.26. The minimum Gasteiger partial charge on any atom is -0.357 e. The Balaban J connectivity index is 1.46. The summed E-state index contributed by atoms with van der Waals surface area (Å²) >= 11 is 0. The van der Waals surface area contributed by atoms with Gasteiger partial charge in [-0.05, 0) is 50.0 Å². The first-order valence-corrected chi connectivity index (χ1v) is 9.34. The van der Waals surface area contributed by atoms with Gasteiger partial charge >= 0.3 is 0 Å². The normalized spacial score (nSPS) is 24.6. The van der Waals surface area contributed by atoms with E-state index in [4.69, 9.17) is 4.99 Å². The molecule has 0 aromatic heterocycles. The fourth-order valence-corrected chi connectivity index (χ4v) is 4.33. The number of benzene rings is 1. The first-order valence-electron chi connectivity index (χ1n) is 9.34. The van der Waals surface area contributed by atoms with Crippen LogP contribution in [-0.4, -0.2) is 37.0 Å². The molecule has 0 atom stereocenters. The summed E-state index contributed by atoms with van der Waals surface area (Å²) in [5.41, 5.74) is 2.42. The Kier molecular flexibility index (Phi) is 3.82. The highest BCUT2D eigenvalue weighted by Crippen LogP contribution is 2.49. The second kappa shape index (κ2) is 5.85. The molecular formula is C20H29N3. The highest BCUT2D eigenvalue weighted by atomic mass is 15.3. The van der Waals surface area contributed by atoms with Crippen LogP contribution < -0.4 is 5.32 Å². The maximum atomic E-state index is 5.06. The van der Waals surface area contributed by atoms with Crippen molar-refractivity contribution in [1.29, 1.82) is 0 Å². The van der Waals surface area contributed by atoms with Crippen LogP contribution >= 0.6 is 0 Å². The van der Waals surface area contributed by atoms with Crippen molar-refractivity contribution in [3.8, 4) is 0 Å². The Labute approximate surface area is 140 Å². The van der Waals surface area contributed by atoms with Crippen LogP contribution in [0.15, 0.2) is 35.3 Å². The lowest BCUT2D eigenvalue weighted by molar-refractivity contribution is 0.151. The van der Waals surface area contributed by atoms with Crippen LogP contribution in [-0.2, 0) is 5.41 Å². The fraction of sp³-hybridized carbons (Fsp3) is 0.650. The monoisotopic (exact) mass is 311 g/mol. The Morgan fingerprint density at radius 2 is 1.91 bits per heavy atom. The van der Waals surface area contributed by atoms with Gasteiger partial charge in [0, 0.05) is 25.0 Å². The van der Waals surface area contributed by atoms with E-state index in [9.17, 15) is 0 Å². The number of hydrogen-bond donors (Lipinski definition) is 1. The first-order chi connectivity index (χ1) is 11.3. The Morgan fingerprint density at radius 1 is 1.13 bits per heavy atom. The lowest BCUT2D eigenvalue weighted by atomic mass is 9.68. The molecular weight excluding hydrogens is 282 g/mol.